The maximum absolute atomic E-state index is 13.5. The van der Waals surface area contributed by atoms with E-state index in [2.05, 4.69) is 5.32 Å². The Morgan fingerprint density at radius 3 is 2.42 bits per heavy atom. The summed E-state index contributed by atoms with van der Waals surface area (Å²) in [6.07, 6.45) is 0.669. The van der Waals surface area contributed by atoms with Crippen molar-refractivity contribution in [1.82, 2.24) is 5.32 Å². The number of halogens is 2. The van der Waals surface area contributed by atoms with Gasteiger partial charge in [-0.15, -0.1) is 0 Å². The zero-order chi connectivity index (χ0) is 17.5. The van der Waals surface area contributed by atoms with Crippen molar-refractivity contribution in [3.63, 3.8) is 0 Å². The van der Waals surface area contributed by atoms with Gasteiger partial charge in [0.15, 0.2) is 11.6 Å². The Kier molecular flexibility index (Phi) is 5.83. The Morgan fingerprint density at radius 2 is 1.79 bits per heavy atom. The summed E-state index contributed by atoms with van der Waals surface area (Å²) < 4.78 is 31.6. The van der Waals surface area contributed by atoms with E-state index < -0.39 is 17.5 Å². The Bertz CT molecular complexity index is 733. The maximum Gasteiger partial charge on any atom is 0.251 e. The Labute approximate surface area is 137 Å². The lowest BCUT2D eigenvalue weighted by Gasteiger charge is -2.08. The molecule has 0 aliphatic carbocycles. The van der Waals surface area contributed by atoms with Gasteiger partial charge in [0, 0.05) is 24.6 Å². The highest BCUT2D eigenvalue weighted by atomic mass is 19.1. The molecule has 2 aromatic carbocycles. The number of rotatable bonds is 7. The first kappa shape index (κ1) is 17.4. The van der Waals surface area contributed by atoms with E-state index in [9.17, 15) is 18.4 Å². The Morgan fingerprint density at radius 1 is 1.08 bits per heavy atom. The van der Waals surface area contributed by atoms with Crippen molar-refractivity contribution in [1.29, 1.82) is 0 Å². The molecular formula is C17H16F2N2O3. The fourth-order valence-electron chi connectivity index (χ4n) is 1.93. The smallest absolute Gasteiger partial charge is 0.251 e. The number of benzene rings is 2. The molecule has 0 fully saturated rings. The van der Waals surface area contributed by atoms with Crippen LogP contribution >= 0.6 is 0 Å². The fourth-order valence-corrected chi connectivity index (χ4v) is 1.93. The van der Waals surface area contributed by atoms with Crippen molar-refractivity contribution in [2.24, 2.45) is 5.73 Å². The SMILES string of the molecule is NC(=O)CCCNC(=O)c1ccc(Oc2ccc(F)cc2F)cc1. The van der Waals surface area contributed by atoms with Gasteiger partial charge in [-0.25, -0.2) is 8.78 Å². The van der Waals surface area contributed by atoms with E-state index >= 15 is 0 Å². The molecule has 0 unspecified atom stereocenters. The van der Waals surface area contributed by atoms with Crippen molar-refractivity contribution in [2.75, 3.05) is 6.54 Å². The predicted octanol–water partition coefficient (Wildman–Crippen LogP) is 2.75. The predicted molar refractivity (Wildman–Crippen MR) is 83.6 cm³/mol. The highest BCUT2D eigenvalue weighted by Crippen LogP contribution is 2.25. The molecule has 126 valence electrons. The van der Waals surface area contributed by atoms with Crippen LogP contribution in [0.3, 0.4) is 0 Å². The molecular weight excluding hydrogens is 318 g/mol. The summed E-state index contributed by atoms with van der Waals surface area (Å²) >= 11 is 0. The van der Waals surface area contributed by atoms with E-state index in [1.165, 1.54) is 30.3 Å². The number of amides is 2. The molecule has 0 saturated heterocycles. The van der Waals surface area contributed by atoms with Gasteiger partial charge in [0.2, 0.25) is 5.91 Å². The topological polar surface area (TPSA) is 81.4 Å². The first-order valence-electron chi connectivity index (χ1n) is 7.25. The average molecular weight is 334 g/mol. The average Bonchev–Trinajstić information content (AvgIpc) is 2.54. The lowest BCUT2D eigenvalue weighted by atomic mass is 10.2. The van der Waals surface area contributed by atoms with E-state index in [0.29, 0.717) is 24.3 Å². The molecule has 2 amide bonds. The highest BCUT2D eigenvalue weighted by molar-refractivity contribution is 5.94. The summed E-state index contributed by atoms with van der Waals surface area (Å²) in [6, 6.07) is 9.03. The minimum Gasteiger partial charge on any atom is -0.454 e. The van der Waals surface area contributed by atoms with Crippen LogP contribution in [0.4, 0.5) is 8.78 Å². The molecule has 7 heteroatoms. The van der Waals surface area contributed by atoms with Crippen LogP contribution in [0.1, 0.15) is 23.2 Å². The molecule has 0 radical (unpaired) electrons. The summed E-state index contributed by atoms with van der Waals surface area (Å²) in [5, 5.41) is 2.65. The van der Waals surface area contributed by atoms with Gasteiger partial charge in [0.25, 0.3) is 5.91 Å². The van der Waals surface area contributed by atoms with Crippen LogP contribution in [0.2, 0.25) is 0 Å². The van der Waals surface area contributed by atoms with Gasteiger partial charge < -0.3 is 15.8 Å². The van der Waals surface area contributed by atoms with Gasteiger partial charge in [0.05, 0.1) is 0 Å². The second-order valence-corrected chi connectivity index (χ2v) is 5.03. The number of ether oxygens (including phenoxy) is 1. The first-order valence-corrected chi connectivity index (χ1v) is 7.25. The Balaban J connectivity index is 1.92. The fraction of sp³-hybridized carbons (Fsp3) is 0.176. The van der Waals surface area contributed by atoms with Crippen LogP contribution < -0.4 is 15.8 Å². The molecule has 0 spiro atoms. The van der Waals surface area contributed by atoms with Gasteiger partial charge >= 0.3 is 0 Å². The summed E-state index contributed by atoms with van der Waals surface area (Å²) in [5.41, 5.74) is 5.40. The molecule has 0 atom stereocenters. The normalized spacial score (nSPS) is 10.2. The third kappa shape index (κ3) is 5.05. The van der Waals surface area contributed by atoms with Crippen LogP contribution in [-0.2, 0) is 4.79 Å². The molecule has 0 aliphatic heterocycles. The van der Waals surface area contributed by atoms with Crippen LogP contribution in [0.15, 0.2) is 42.5 Å². The first-order chi connectivity index (χ1) is 11.5. The maximum atomic E-state index is 13.5. The third-order valence-electron chi connectivity index (χ3n) is 3.12. The van der Waals surface area contributed by atoms with Gasteiger partial charge in [-0.05, 0) is 42.8 Å². The second-order valence-electron chi connectivity index (χ2n) is 5.03. The molecule has 5 nitrogen and oxygen atoms in total. The van der Waals surface area contributed by atoms with Crippen molar-refractivity contribution in [3.05, 3.63) is 59.7 Å². The number of hydrogen-bond donors (Lipinski definition) is 2. The van der Waals surface area contributed by atoms with Gasteiger partial charge in [0.1, 0.15) is 11.6 Å². The van der Waals surface area contributed by atoms with Crippen LogP contribution in [0.25, 0.3) is 0 Å². The van der Waals surface area contributed by atoms with Crippen LogP contribution in [-0.4, -0.2) is 18.4 Å². The summed E-state index contributed by atoms with van der Waals surface area (Å²) in [5.74, 6) is -2.03. The molecule has 3 N–H and O–H groups in total. The van der Waals surface area contributed by atoms with Gasteiger partial charge in [-0.2, -0.15) is 0 Å². The van der Waals surface area contributed by atoms with Crippen LogP contribution in [0, 0.1) is 11.6 Å². The van der Waals surface area contributed by atoms with Gasteiger partial charge in [-0.1, -0.05) is 0 Å². The molecule has 0 aliphatic rings. The minimum absolute atomic E-state index is 0.111. The number of hydrogen-bond acceptors (Lipinski definition) is 3. The van der Waals surface area contributed by atoms with Crippen molar-refractivity contribution >= 4 is 11.8 Å². The summed E-state index contributed by atoms with van der Waals surface area (Å²) in [7, 11) is 0. The molecule has 2 aromatic rings. The summed E-state index contributed by atoms with van der Waals surface area (Å²) in [4.78, 5) is 22.5. The van der Waals surface area contributed by atoms with Crippen molar-refractivity contribution in [2.45, 2.75) is 12.8 Å². The van der Waals surface area contributed by atoms with E-state index in [1.54, 1.807) is 0 Å². The van der Waals surface area contributed by atoms with E-state index in [1.807, 2.05) is 0 Å². The monoisotopic (exact) mass is 334 g/mol. The highest BCUT2D eigenvalue weighted by Gasteiger charge is 2.08. The molecule has 2 rings (SSSR count). The van der Waals surface area contributed by atoms with Crippen molar-refractivity contribution < 1.29 is 23.1 Å². The van der Waals surface area contributed by atoms with Crippen LogP contribution in [0.5, 0.6) is 11.5 Å². The molecule has 24 heavy (non-hydrogen) atoms. The summed E-state index contributed by atoms with van der Waals surface area (Å²) in [6.45, 7) is 0.334. The van der Waals surface area contributed by atoms with E-state index in [4.69, 9.17) is 10.5 Å². The van der Waals surface area contributed by atoms with Gasteiger partial charge in [-0.3, -0.25) is 9.59 Å². The zero-order valence-corrected chi connectivity index (χ0v) is 12.7. The minimum atomic E-state index is -0.814. The van der Waals surface area contributed by atoms with E-state index in [-0.39, 0.29) is 18.1 Å². The van der Waals surface area contributed by atoms with E-state index in [0.717, 1.165) is 12.1 Å². The number of nitrogens with one attached hydrogen (secondary N) is 1. The quantitative estimate of drug-likeness (QED) is 0.764. The molecule has 0 saturated carbocycles. The second kappa shape index (κ2) is 8.05. The zero-order valence-electron chi connectivity index (χ0n) is 12.7. The largest absolute Gasteiger partial charge is 0.454 e. The molecule has 0 aromatic heterocycles. The molecule has 0 heterocycles. The van der Waals surface area contributed by atoms with Crippen molar-refractivity contribution in [3.8, 4) is 11.5 Å². The molecule has 0 bridgehead atoms. The number of carbonyl (C=O) groups excluding carboxylic acids is 2. The Hall–Kier alpha value is -2.96. The number of primary amides is 1. The number of nitrogens with two attached hydrogens (primary N) is 1. The lowest BCUT2D eigenvalue weighted by molar-refractivity contribution is -0.118. The number of carbonyl (C=O) groups is 2. The lowest BCUT2D eigenvalue weighted by Crippen LogP contribution is -2.25. The standard InChI is InChI=1S/C17H16F2N2O3/c18-12-5-8-15(14(19)10-12)24-13-6-3-11(4-7-13)17(23)21-9-1-2-16(20)22/h3-8,10H,1-2,9H2,(H2,20,22)(H,21,23). The third-order valence-corrected chi connectivity index (χ3v) is 3.12.